The van der Waals surface area contributed by atoms with E-state index in [9.17, 15) is 0 Å². The number of nitrogens with zero attached hydrogens (tertiary/aromatic N) is 1. The molecular weight excluding hydrogens is 300 g/mol. The zero-order chi connectivity index (χ0) is 12.4. The SMILES string of the molecule is COc1ccc(Br)cc1-c1nc(C)c(CN)s1. The third kappa shape index (κ3) is 2.51. The van der Waals surface area contributed by atoms with Gasteiger partial charge in [-0.05, 0) is 25.1 Å². The molecule has 0 spiro atoms. The Bertz CT molecular complexity index is 539. The fourth-order valence-corrected chi connectivity index (χ4v) is 2.90. The summed E-state index contributed by atoms with van der Waals surface area (Å²) in [6, 6.07) is 5.89. The number of hydrogen-bond donors (Lipinski definition) is 1. The Labute approximate surface area is 113 Å². The Morgan fingerprint density at radius 1 is 1.47 bits per heavy atom. The standard InChI is InChI=1S/C12H13BrN2OS/c1-7-11(6-14)17-12(15-7)9-5-8(13)3-4-10(9)16-2/h3-5H,6,14H2,1-2H3. The number of nitrogens with two attached hydrogens (primary N) is 1. The average molecular weight is 313 g/mol. The molecule has 0 saturated heterocycles. The first-order valence-electron chi connectivity index (χ1n) is 5.16. The van der Waals surface area contributed by atoms with Gasteiger partial charge in [0.05, 0.1) is 18.4 Å². The molecule has 3 nitrogen and oxygen atoms in total. The molecule has 0 bridgehead atoms. The van der Waals surface area contributed by atoms with Gasteiger partial charge in [0.15, 0.2) is 0 Å². The Balaban J connectivity index is 2.54. The van der Waals surface area contributed by atoms with E-state index in [1.54, 1.807) is 18.4 Å². The van der Waals surface area contributed by atoms with Crippen LogP contribution in [-0.2, 0) is 6.54 Å². The minimum atomic E-state index is 0.528. The molecule has 1 aromatic carbocycles. The minimum absolute atomic E-state index is 0.528. The topological polar surface area (TPSA) is 48.1 Å². The summed E-state index contributed by atoms with van der Waals surface area (Å²) in [5, 5.41) is 0.945. The number of methoxy groups -OCH3 is 1. The molecule has 1 aromatic heterocycles. The Hall–Kier alpha value is -0.910. The van der Waals surface area contributed by atoms with E-state index in [-0.39, 0.29) is 0 Å². The number of halogens is 1. The van der Waals surface area contributed by atoms with Crippen LogP contribution in [0.15, 0.2) is 22.7 Å². The quantitative estimate of drug-likeness (QED) is 0.945. The van der Waals surface area contributed by atoms with Crippen LogP contribution in [0.1, 0.15) is 10.6 Å². The Kier molecular flexibility index (Phi) is 3.81. The van der Waals surface area contributed by atoms with Gasteiger partial charge in [-0.1, -0.05) is 15.9 Å². The van der Waals surface area contributed by atoms with Gasteiger partial charge in [0.1, 0.15) is 10.8 Å². The van der Waals surface area contributed by atoms with Crippen molar-refractivity contribution >= 4 is 27.3 Å². The van der Waals surface area contributed by atoms with Crippen molar-refractivity contribution in [3.63, 3.8) is 0 Å². The number of aryl methyl sites for hydroxylation is 1. The van der Waals surface area contributed by atoms with E-state index in [4.69, 9.17) is 10.5 Å². The maximum Gasteiger partial charge on any atom is 0.129 e. The van der Waals surface area contributed by atoms with Crippen LogP contribution in [0, 0.1) is 6.92 Å². The summed E-state index contributed by atoms with van der Waals surface area (Å²) < 4.78 is 6.36. The highest BCUT2D eigenvalue weighted by Crippen LogP contribution is 2.36. The van der Waals surface area contributed by atoms with E-state index in [2.05, 4.69) is 20.9 Å². The maximum atomic E-state index is 5.67. The lowest BCUT2D eigenvalue weighted by atomic mass is 10.2. The molecule has 0 aliphatic carbocycles. The third-order valence-corrected chi connectivity index (χ3v) is 4.18. The molecule has 0 amide bonds. The molecule has 5 heteroatoms. The van der Waals surface area contributed by atoms with Crippen molar-refractivity contribution in [3.05, 3.63) is 33.2 Å². The van der Waals surface area contributed by atoms with E-state index < -0.39 is 0 Å². The molecule has 0 aliphatic heterocycles. The molecule has 2 rings (SSSR count). The average Bonchev–Trinajstić information content (AvgIpc) is 2.70. The van der Waals surface area contributed by atoms with Crippen LogP contribution in [0.4, 0.5) is 0 Å². The molecule has 17 heavy (non-hydrogen) atoms. The molecule has 0 aliphatic rings. The van der Waals surface area contributed by atoms with Crippen LogP contribution in [0.5, 0.6) is 5.75 Å². The van der Waals surface area contributed by atoms with E-state index in [1.807, 2.05) is 25.1 Å². The lowest BCUT2D eigenvalue weighted by Gasteiger charge is -2.05. The molecular formula is C12H13BrN2OS. The molecule has 0 fully saturated rings. The minimum Gasteiger partial charge on any atom is -0.496 e. The maximum absolute atomic E-state index is 5.67. The molecule has 0 atom stereocenters. The second-order valence-electron chi connectivity index (χ2n) is 3.58. The number of hydrogen-bond acceptors (Lipinski definition) is 4. The van der Waals surface area contributed by atoms with Gasteiger partial charge in [-0.15, -0.1) is 11.3 Å². The second kappa shape index (κ2) is 5.16. The first kappa shape index (κ1) is 12.5. The van der Waals surface area contributed by atoms with Crippen LogP contribution in [0.25, 0.3) is 10.6 Å². The van der Waals surface area contributed by atoms with Crippen molar-refractivity contribution < 1.29 is 4.74 Å². The largest absolute Gasteiger partial charge is 0.496 e. The highest BCUT2D eigenvalue weighted by molar-refractivity contribution is 9.10. The van der Waals surface area contributed by atoms with Crippen molar-refractivity contribution in [3.8, 4) is 16.3 Å². The predicted molar refractivity (Wildman–Crippen MR) is 74.4 cm³/mol. The van der Waals surface area contributed by atoms with Gasteiger partial charge >= 0.3 is 0 Å². The van der Waals surface area contributed by atoms with Crippen molar-refractivity contribution in [1.82, 2.24) is 4.98 Å². The zero-order valence-electron chi connectivity index (χ0n) is 9.66. The summed E-state index contributed by atoms with van der Waals surface area (Å²) in [4.78, 5) is 5.65. The number of thiazole rings is 1. The van der Waals surface area contributed by atoms with Gasteiger partial charge in [0.25, 0.3) is 0 Å². The molecule has 2 aromatic rings. The van der Waals surface area contributed by atoms with Crippen LogP contribution in [-0.4, -0.2) is 12.1 Å². The third-order valence-electron chi connectivity index (χ3n) is 2.47. The Morgan fingerprint density at radius 3 is 2.82 bits per heavy atom. The van der Waals surface area contributed by atoms with Crippen LogP contribution in [0.2, 0.25) is 0 Å². The van der Waals surface area contributed by atoms with Gasteiger partial charge < -0.3 is 10.5 Å². The van der Waals surface area contributed by atoms with E-state index in [0.717, 1.165) is 31.4 Å². The summed E-state index contributed by atoms with van der Waals surface area (Å²) in [5.41, 5.74) is 7.66. The summed E-state index contributed by atoms with van der Waals surface area (Å²) in [7, 11) is 1.66. The van der Waals surface area contributed by atoms with Crippen molar-refractivity contribution in [1.29, 1.82) is 0 Å². The van der Waals surface area contributed by atoms with Gasteiger partial charge in [-0.2, -0.15) is 0 Å². The zero-order valence-corrected chi connectivity index (χ0v) is 12.1. The number of rotatable bonds is 3. The summed E-state index contributed by atoms with van der Waals surface area (Å²) >= 11 is 5.08. The number of benzene rings is 1. The summed E-state index contributed by atoms with van der Waals surface area (Å²) in [5.74, 6) is 0.825. The number of ether oxygens (including phenoxy) is 1. The normalized spacial score (nSPS) is 10.6. The fourth-order valence-electron chi connectivity index (χ4n) is 1.58. The molecule has 90 valence electrons. The predicted octanol–water partition coefficient (Wildman–Crippen LogP) is 3.35. The van der Waals surface area contributed by atoms with E-state index >= 15 is 0 Å². The van der Waals surface area contributed by atoms with Gasteiger partial charge in [-0.25, -0.2) is 4.98 Å². The second-order valence-corrected chi connectivity index (χ2v) is 5.58. The first-order valence-corrected chi connectivity index (χ1v) is 6.77. The van der Waals surface area contributed by atoms with Crippen LogP contribution < -0.4 is 10.5 Å². The highest BCUT2D eigenvalue weighted by atomic mass is 79.9. The summed E-state index contributed by atoms with van der Waals surface area (Å²) in [6.45, 7) is 2.51. The van der Waals surface area contributed by atoms with Crippen LogP contribution >= 0.6 is 27.3 Å². The Morgan fingerprint density at radius 2 is 2.24 bits per heavy atom. The lowest BCUT2D eigenvalue weighted by molar-refractivity contribution is 0.416. The van der Waals surface area contributed by atoms with Gasteiger partial charge in [-0.3, -0.25) is 0 Å². The molecule has 1 heterocycles. The molecule has 0 saturated carbocycles. The van der Waals surface area contributed by atoms with E-state index in [0.29, 0.717) is 6.54 Å². The lowest BCUT2D eigenvalue weighted by Crippen LogP contribution is -1.94. The molecule has 2 N–H and O–H groups in total. The summed E-state index contributed by atoms with van der Waals surface area (Å²) in [6.07, 6.45) is 0. The van der Waals surface area contributed by atoms with Gasteiger partial charge in [0.2, 0.25) is 0 Å². The van der Waals surface area contributed by atoms with Crippen molar-refractivity contribution in [2.75, 3.05) is 7.11 Å². The first-order chi connectivity index (χ1) is 8.15. The molecule has 0 radical (unpaired) electrons. The van der Waals surface area contributed by atoms with Crippen molar-refractivity contribution in [2.45, 2.75) is 13.5 Å². The number of aromatic nitrogens is 1. The monoisotopic (exact) mass is 312 g/mol. The fraction of sp³-hybridized carbons (Fsp3) is 0.250. The van der Waals surface area contributed by atoms with Crippen molar-refractivity contribution in [2.24, 2.45) is 5.73 Å². The van der Waals surface area contributed by atoms with Gasteiger partial charge in [0, 0.05) is 15.9 Å². The highest BCUT2D eigenvalue weighted by Gasteiger charge is 2.12. The van der Waals surface area contributed by atoms with E-state index in [1.165, 1.54) is 0 Å². The van der Waals surface area contributed by atoms with Crippen LogP contribution in [0.3, 0.4) is 0 Å². The molecule has 0 unspecified atom stereocenters. The smallest absolute Gasteiger partial charge is 0.129 e.